The van der Waals surface area contributed by atoms with Crippen molar-refractivity contribution in [3.63, 3.8) is 0 Å². The minimum Gasteiger partial charge on any atom is -0.394 e. The maximum absolute atomic E-state index is 9.24. The topological polar surface area (TPSA) is 61.3 Å². The van der Waals surface area contributed by atoms with Crippen molar-refractivity contribution in [2.75, 3.05) is 23.4 Å². The summed E-state index contributed by atoms with van der Waals surface area (Å²) >= 11 is 3.55. The first-order valence-electron chi connectivity index (χ1n) is 8.36. The highest BCUT2D eigenvalue weighted by Gasteiger charge is 2.19. The van der Waals surface area contributed by atoms with Gasteiger partial charge >= 0.3 is 0 Å². The predicted octanol–water partition coefficient (Wildman–Crippen LogP) is 3.16. The molecular formula is C18H23BrN4O. The summed E-state index contributed by atoms with van der Waals surface area (Å²) in [4.78, 5) is 11.5. The van der Waals surface area contributed by atoms with Gasteiger partial charge in [-0.2, -0.15) is 4.98 Å². The molecule has 128 valence electrons. The summed E-state index contributed by atoms with van der Waals surface area (Å²) in [6, 6.07) is 8.49. The fourth-order valence-corrected chi connectivity index (χ4v) is 3.28. The third-order valence-electron chi connectivity index (χ3n) is 4.28. The lowest BCUT2D eigenvalue weighted by Gasteiger charge is -2.30. The molecule has 1 aromatic carbocycles. The fraction of sp³-hybridized carbons (Fsp3) is 0.444. The van der Waals surface area contributed by atoms with Crippen molar-refractivity contribution >= 4 is 27.7 Å². The van der Waals surface area contributed by atoms with Gasteiger partial charge in [0.15, 0.2) is 0 Å². The Bertz CT molecular complexity index is 722. The molecule has 2 aromatic rings. The van der Waals surface area contributed by atoms with Crippen LogP contribution in [-0.2, 0) is 19.4 Å². The van der Waals surface area contributed by atoms with Crippen LogP contribution in [0.2, 0.25) is 0 Å². The fourth-order valence-electron chi connectivity index (χ4n) is 2.87. The van der Waals surface area contributed by atoms with Crippen molar-refractivity contribution in [3.8, 4) is 0 Å². The van der Waals surface area contributed by atoms with Gasteiger partial charge in [-0.05, 0) is 43.0 Å². The normalized spacial score (nSPS) is 15.1. The molecule has 1 aliphatic heterocycles. The largest absolute Gasteiger partial charge is 0.394 e. The first-order valence-corrected chi connectivity index (χ1v) is 9.16. The van der Waals surface area contributed by atoms with Crippen LogP contribution in [-0.4, -0.2) is 34.3 Å². The smallest absolute Gasteiger partial charge is 0.225 e. The highest BCUT2D eigenvalue weighted by Crippen LogP contribution is 2.26. The molecule has 1 aromatic heterocycles. The van der Waals surface area contributed by atoms with E-state index in [9.17, 15) is 5.11 Å². The summed E-state index contributed by atoms with van der Waals surface area (Å²) in [7, 11) is 0. The molecule has 2 N–H and O–H groups in total. The summed E-state index contributed by atoms with van der Waals surface area (Å²) in [6.07, 6.45) is 1.87. The first-order chi connectivity index (χ1) is 11.6. The Kier molecular flexibility index (Phi) is 5.36. The van der Waals surface area contributed by atoms with Crippen molar-refractivity contribution in [2.24, 2.45) is 0 Å². The second-order valence-electron chi connectivity index (χ2n) is 6.21. The van der Waals surface area contributed by atoms with Crippen LogP contribution >= 0.6 is 15.9 Å². The molecule has 1 aliphatic rings. The van der Waals surface area contributed by atoms with E-state index in [0.717, 1.165) is 41.9 Å². The standard InChI is InChI=1S/C18H23BrN4O/c1-3-16-9-17(22-18(21-16)20-12(2)11-24)23-7-6-13-8-15(19)5-4-14(13)10-23/h4-5,8-9,12,24H,3,6-7,10-11H2,1-2H3,(H,20,21,22)/t12-/m0/s1. The molecule has 0 saturated carbocycles. The van der Waals surface area contributed by atoms with Crippen LogP contribution in [0.1, 0.15) is 30.7 Å². The van der Waals surface area contributed by atoms with E-state index in [1.807, 2.05) is 6.92 Å². The monoisotopic (exact) mass is 390 g/mol. The van der Waals surface area contributed by atoms with Crippen molar-refractivity contribution in [1.82, 2.24) is 9.97 Å². The van der Waals surface area contributed by atoms with E-state index in [1.54, 1.807) is 0 Å². The molecule has 0 fully saturated rings. The number of rotatable bonds is 5. The summed E-state index contributed by atoms with van der Waals surface area (Å²) in [5, 5.41) is 12.4. The molecular weight excluding hydrogens is 368 g/mol. The molecule has 3 rings (SSSR count). The number of aliphatic hydroxyl groups is 1. The van der Waals surface area contributed by atoms with Crippen molar-refractivity contribution in [1.29, 1.82) is 0 Å². The van der Waals surface area contributed by atoms with Gasteiger partial charge < -0.3 is 15.3 Å². The van der Waals surface area contributed by atoms with E-state index in [1.165, 1.54) is 11.1 Å². The Hall–Kier alpha value is -1.66. The maximum atomic E-state index is 9.24. The van der Waals surface area contributed by atoms with Crippen LogP contribution in [0.15, 0.2) is 28.7 Å². The molecule has 1 atom stereocenters. The number of hydrogen-bond donors (Lipinski definition) is 2. The lowest BCUT2D eigenvalue weighted by Crippen LogP contribution is -2.31. The van der Waals surface area contributed by atoms with Gasteiger partial charge in [-0.15, -0.1) is 0 Å². The Morgan fingerprint density at radius 3 is 2.88 bits per heavy atom. The Morgan fingerprint density at radius 1 is 1.29 bits per heavy atom. The first kappa shape index (κ1) is 17.2. The second-order valence-corrected chi connectivity index (χ2v) is 7.12. The number of halogens is 1. The molecule has 0 amide bonds. The molecule has 0 bridgehead atoms. The van der Waals surface area contributed by atoms with Crippen LogP contribution in [0.25, 0.3) is 0 Å². The zero-order chi connectivity index (χ0) is 17.1. The van der Waals surface area contributed by atoms with E-state index in [-0.39, 0.29) is 12.6 Å². The number of aliphatic hydroxyl groups excluding tert-OH is 1. The zero-order valence-electron chi connectivity index (χ0n) is 14.1. The van der Waals surface area contributed by atoms with Gasteiger partial charge in [-0.3, -0.25) is 0 Å². The van der Waals surface area contributed by atoms with E-state index in [2.05, 4.69) is 67.3 Å². The number of nitrogens with zero attached hydrogens (tertiary/aromatic N) is 3. The number of anilines is 2. The lowest BCUT2D eigenvalue weighted by molar-refractivity contribution is 0.281. The van der Waals surface area contributed by atoms with Gasteiger partial charge in [0.1, 0.15) is 5.82 Å². The maximum Gasteiger partial charge on any atom is 0.225 e. The van der Waals surface area contributed by atoms with Crippen LogP contribution in [0.4, 0.5) is 11.8 Å². The van der Waals surface area contributed by atoms with Crippen LogP contribution < -0.4 is 10.2 Å². The molecule has 24 heavy (non-hydrogen) atoms. The molecule has 0 aliphatic carbocycles. The average molecular weight is 391 g/mol. The summed E-state index contributed by atoms with van der Waals surface area (Å²) in [6.45, 7) is 5.86. The van der Waals surface area contributed by atoms with E-state index < -0.39 is 0 Å². The Balaban J connectivity index is 1.86. The third kappa shape index (κ3) is 3.87. The minimum absolute atomic E-state index is 0.0566. The highest BCUT2D eigenvalue weighted by atomic mass is 79.9. The van der Waals surface area contributed by atoms with E-state index >= 15 is 0 Å². The van der Waals surface area contributed by atoms with E-state index in [4.69, 9.17) is 0 Å². The SMILES string of the molecule is CCc1cc(N2CCc3cc(Br)ccc3C2)nc(N[C@@H](C)CO)n1. The van der Waals surface area contributed by atoms with Crippen molar-refractivity contribution < 1.29 is 5.11 Å². The third-order valence-corrected chi connectivity index (χ3v) is 4.78. The van der Waals surface area contributed by atoms with Crippen molar-refractivity contribution in [3.05, 3.63) is 45.6 Å². The summed E-state index contributed by atoms with van der Waals surface area (Å²) in [5.74, 6) is 1.54. The summed E-state index contributed by atoms with van der Waals surface area (Å²) in [5.41, 5.74) is 3.76. The summed E-state index contributed by atoms with van der Waals surface area (Å²) < 4.78 is 1.13. The van der Waals surface area contributed by atoms with Gasteiger partial charge in [-0.1, -0.05) is 28.9 Å². The van der Waals surface area contributed by atoms with Crippen LogP contribution in [0, 0.1) is 0 Å². The average Bonchev–Trinajstić information content (AvgIpc) is 2.60. The zero-order valence-corrected chi connectivity index (χ0v) is 15.7. The molecule has 0 saturated heterocycles. The molecule has 0 radical (unpaired) electrons. The minimum atomic E-state index is -0.0654. The van der Waals surface area contributed by atoms with Gasteiger partial charge in [0.05, 0.1) is 6.61 Å². The van der Waals surface area contributed by atoms with Crippen LogP contribution in [0.5, 0.6) is 0 Å². The highest BCUT2D eigenvalue weighted by molar-refractivity contribution is 9.10. The molecule has 5 nitrogen and oxygen atoms in total. The van der Waals surface area contributed by atoms with Gasteiger partial charge in [0.2, 0.25) is 5.95 Å². The number of benzene rings is 1. The van der Waals surface area contributed by atoms with Crippen molar-refractivity contribution in [2.45, 2.75) is 39.3 Å². The van der Waals surface area contributed by atoms with Gasteiger partial charge in [-0.25, -0.2) is 4.98 Å². The predicted molar refractivity (Wildman–Crippen MR) is 100 cm³/mol. The number of hydrogen-bond acceptors (Lipinski definition) is 5. The van der Waals surface area contributed by atoms with Gasteiger partial charge in [0.25, 0.3) is 0 Å². The lowest BCUT2D eigenvalue weighted by atomic mass is 10.00. The Morgan fingerprint density at radius 2 is 2.12 bits per heavy atom. The number of fused-ring (bicyclic) bond motifs is 1. The van der Waals surface area contributed by atoms with Crippen LogP contribution in [0.3, 0.4) is 0 Å². The number of aromatic nitrogens is 2. The second kappa shape index (κ2) is 7.49. The molecule has 6 heteroatoms. The quantitative estimate of drug-likeness (QED) is 0.820. The Labute approximate surface area is 151 Å². The van der Waals surface area contributed by atoms with E-state index in [0.29, 0.717) is 5.95 Å². The molecule has 0 spiro atoms. The molecule has 0 unspecified atom stereocenters. The van der Waals surface area contributed by atoms with Gasteiger partial charge in [0, 0.05) is 35.4 Å². The molecule has 2 heterocycles. The number of aryl methyl sites for hydroxylation is 1. The number of nitrogens with one attached hydrogen (secondary N) is 1.